The monoisotopic (exact) mass is 236 g/mol. The number of amides is 1. The first kappa shape index (κ1) is 12.2. The topological polar surface area (TPSA) is 54.3 Å². The Morgan fingerprint density at radius 2 is 2.24 bits per heavy atom. The zero-order valence-corrected chi connectivity index (χ0v) is 10.5. The highest BCUT2D eigenvalue weighted by molar-refractivity contribution is 5.80. The van der Waals surface area contributed by atoms with Gasteiger partial charge in [-0.3, -0.25) is 4.79 Å². The van der Waals surface area contributed by atoms with Crippen molar-refractivity contribution in [3.63, 3.8) is 0 Å². The van der Waals surface area contributed by atoms with E-state index < -0.39 is 0 Å². The first-order valence-electron chi connectivity index (χ1n) is 6.24. The smallest absolute Gasteiger partial charge is 0.223 e. The van der Waals surface area contributed by atoms with Crippen LogP contribution in [-0.2, 0) is 4.79 Å². The third-order valence-corrected chi connectivity index (χ3v) is 3.01. The molecule has 0 bridgehead atoms. The predicted molar refractivity (Wildman–Crippen MR) is 65.6 cm³/mol. The van der Waals surface area contributed by atoms with Crippen molar-refractivity contribution in [1.82, 2.24) is 10.6 Å². The summed E-state index contributed by atoms with van der Waals surface area (Å²) in [5.41, 5.74) is 0. The van der Waals surface area contributed by atoms with Crippen LogP contribution < -0.4 is 10.6 Å². The van der Waals surface area contributed by atoms with Gasteiger partial charge in [-0.25, -0.2) is 0 Å². The Kier molecular flexibility index (Phi) is 3.84. The second-order valence-corrected chi connectivity index (χ2v) is 4.69. The van der Waals surface area contributed by atoms with Crippen molar-refractivity contribution in [3.05, 3.63) is 23.7 Å². The van der Waals surface area contributed by atoms with Crippen molar-refractivity contribution in [2.75, 3.05) is 13.1 Å². The molecule has 17 heavy (non-hydrogen) atoms. The van der Waals surface area contributed by atoms with Gasteiger partial charge in [0, 0.05) is 19.0 Å². The largest absolute Gasteiger partial charge is 0.465 e. The van der Waals surface area contributed by atoms with Crippen LogP contribution in [0, 0.1) is 12.8 Å². The molecule has 1 aliphatic carbocycles. The van der Waals surface area contributed by atoms with Crippen molar-refractivity contribution in [2.45, 2.75) is 32.7 Å². The number of rotatable bonds is 6. The predicted octanol–water partition coefficient (Wildman–Crippen LogP) is 1.76. The van der Waals surface area contributed by atoms with Gasteiger partial charge < -0.3 is 15.1 Å². The highest BCUT2D eigenvalue weighted by Crippen LogP contribution is 2.28. The van der Waals surface area contributed by atoms with Crippen LogP contribution in [0.4, 0.5) is 0 Å². The minimum atomic E-state index is 0.182. The molecule has 4 nitrogen and oxygen atoms in total. The van der Waals surface area contributed by atoms with Crippen molar-refractivity contribution >= 4 is 5.91 Å². The normalized spacial score (nSPS) is 16.8. The number of hydrogen-bond donors (Lipinski definition) is 2. The highest BCUT2D eigenvalue weighted by Gasteiger charge is 2.28. The van der Waals surface area contributed by atoms with E-state index in [1.54, 1.807) is 0 Å². The number of nitrogens with one attached hydrogen (secondary N) is 2. The van der Waals surface area contributed by atoms with Crippen molar-refractivity contribution in [2.24, 2.45) is 5.92 Å². The van der Waals surface area contributed by atoms with Crippen molar-refractivity contribution in [3.8, 4) is 0 Å². The average Bonchev–Trinajstić information content (AvgIpc) is 3.07. The number of carbonyl (C=O) groups excluding carboxylic acids is 1. The van der Waals surface area contributed by atoms with E-state index in [1.807, 2.05) is 19.1 Å². The Hall–Kier alpha value is -1.29. The van der Waals surface area contributed by atoms with Gasteiger partial charge in [-0.1, -0.05) is 0 Å². The lowest BCUT2D eigenvalue weighted by Crippen LogP contribution is -2.33. The molecule has 0 radical (unpaired) electrons. The molecule has 1 heterocycles. The lowest BCUT2D eigenvalue weighted by atomic mass is 10.2. The quantitative estimate of drug-likeness (QED) is 0.740. The van der Waals surface area contributed by atoms with Gasteiger partial charge in [-0.15, -0.1) is 0 Å². The molecule has 0 aliphatic heterocycles. The summed E-state index contributed by atoms with van der Waals surface area (Å²) < 4.78 is 5.52. The van der Waals surface area contributed by atoms with E-state index in [0.29, 0.717) is 12.5 Å². The second-order valence-electron chi connectivity index (χ2n) is 4.69. The Labute approximate surface area is 102 Å². The molecule has 1 amide bonds. The molecular formula is C13H20N2O2. The Balaban J connectivity index is 1.62. The van der Waals surface area contributed by atoms with E-state index in [1.165, 1.54) is 0 Å². The summed E-state index contributed by atoms with van der Waals surface area (Å²) in [6.45, 7) is 5.44. The molecule has 2 rings (SSSR count). The van der Waals surface area contributed by atoms with Gasteiger partial charge in [-0.05, 0) is 38.8 Å². The third kappa shape index (κ3) is 3.60. The fraction of sp³-hybridized carbons (Fsp3) is 0.615. The van der Waals surface area contributed by atoms with Gasteiger partial charge in [0.15, 0.2) is 0 Å². The summed E-state index contributed by atoms with van der Waals surface area (Å²) in [6, 6.07) is 4.12. The van der Waals surface area contributed by atoms with Gasteiger partial charge in [-0.2, -0.15) is 0 Å². The molecule has 94 valence electrons. The standard InChI is InChI=1S/C13H20N2O2/c1-9-3-6-12(17-9)10(2)14-7-8-15-13(16)11-4-5-11/h3,6,10-11,14H,4-5,7-8H2,1-2H3,(H,15,16). The SMILES string of the molecule is Cc1ccc(C(C)NCCNC(=O)C2CC2)o1. The van der Waals surface area contributed by atoms with Crippen LogP contribution in [0.3, 0.4) is 0 Å². The second kappa shape index (κ2) is 5.36. The van der Waals surface area contributed by atoms with Crippen LogP contribution in [0.1, 0.15) is 37.3 Å². The van der Waals surface area contributed by atoms with Crippen LogP contribution >= 0.6 is 0 Å². The molecule has 1 fully saturated rings. The molecule has 2 N–H and O–H groups in total. The first-order valence-corrected chi connectivity index (χ1v) is 6.24. The zero-order chi connectivity index (χ0) is 12.3. The van der Waals surface area contributed by atoms with Gasteiger partial charge in [0.1, 0.15) is 11.5 Å². The van der Waals surface area contributed by atoms with Crippen molar-refractivity contribution < 1.29 is 9.21 Å². The van der Waals surface area contributed by atoms with Gasteiger partial charge in [0.2, 0.25) is 5.91 Å². The fourth-order valence-electron chi connectivity index (χ4n) is 1.75. The maximum Gasteiger partial charge on any atom is 0.223 e. The summed E-state index contributed by atoms with van der Waals surface area (Å²) in [5.74, 6) is 2.36. The Bertz CT molecular complexity index is 383. The van der Waals surface area contributed by atoms with Crippen LogP contribution in [0.5, 0.6) is 0 Å². The maximum absolute atomic E-state index is 11.4. The minimum absolute atomic E-state index is 0.182. The van der Waals surface area contributed by atoms with Crippen LogP contribution in [-0.4, -0.2) is 19.0 Å². The molecule has 1 aromatic heterocycles. The van der Waals surface area contributed by atoms with E-state index in [4.69, 9.17) is 4.42 Å². The molecule has 4 heteroatoms. The van der Waals surface area contributed by atoms with E-state index in [0.717, 1.165) is 30.9 Å². The van der Waals surface area contributed by atoms with E-state index in [9.17, 15) is 4.79 Å². The summed E-state index contributed by atoms with van der Waals surface area (Å²) in [7, 11) is 0. The molecule has 0 aromatic carbocycles. The Morgan fingerprint density at radius 1 is 1.47 bits per heavy atom. The first-order chi connectivity index (χ1) is 8.16. The minimum Gasteiger partial charge on any atom is -0.465 e. The highest BCUT2D eigenvalue weighted by atomic mass is 16.3. The summed E-state index contributed by atoms with van der Waals surface area (Å²) in [5, 5.41) is 6.24. The average molecular weight is 236 g/mol. The maximum atomic E-state index is 11.4. The molecule has 1 aliphatic rings. The molecule has 1 unspecified atom stereocenters. The summed E-state index contributed by atoms with van der Waals surface area (Å²) >= 11 is 0. The molecular weight excluding hydrogens is 216 g/mol. The van der Waals surface area contributed by atoms with Gasteiger partial charge in [0.25, 0.3) is 0 Å². The van der Waals surface area contributed by atoms with Crippen LogP contribution in [0.25, 0.3) is 0 Å². The molecule has 0 spiro atoms. The molecule has 1 atom stereocenters. The zero-order valence-electron chi connectivity index (χ0n) is 10.5. The summed E-state index contributed by atoms with van der Waals surface area (Å²) in [6.07, 6.45) is 2.11. The number of aryl methyl sites for hydroxylation is 1. The molecule has 0 saturated heterocycles. The third-order valence-electron chi connectivity index (χ3n) is 3.01. The van der Waals surface area contributed by atoms with Crippen LogP contribution in [0.2, 0.25) is 0 Å². The number of hydrogen-bond acceptors (Lipinski definition) is 3. The number of carbonyl (C=O) groups is 1. The van der Waals surface area contributed by atoms with E-state index >= 15 is 0 Å². The van der Waals surface area contributed by atoms with Gasteiger partial charge >= 0.3 is 0 Å². The summed E-state index contributed by atoms with van der Waals surface area (Å²) in [4.78, 5) is 11.4. The lowest BCUT2D eigenvalue weighted by Gasteiger charge is -2.11. The van der Waals surface area contributed by atoms with Gasteiger partial charge in [0.05, 0.1) is 6.04 Å². The van der Waals surface area contributed by atoms with Crippen LogP contribution in [0.15, 0.2) is 16.5 Å². The van der Waals surface area contributed by atoms with Crippen molar-refractivity contribution in [1.29, 1.82) is 0 Å². The number of furan rings is 1. The molecule has 1 saturated carbocycles. The van der Waals surface area contributed by atoms with E-state index in [-0.39, 0.29) is 11.9 Å². The van der Waals surface area contributed by atoms with E-state index in [2.05, 4.69) is 17.6 Å². The fourth-order valence-corrected chi connectivity index (χ4v) is 1.75. The molecule has 1 aromatic rings. The Morgan fingerprint density at radius 3 is 2.82 bits per heavy atom. The lowest BCUT2D eigenvalue weighted by molar-refractivity contribution is -0.122.